The normalized spacial score (nSPS) is 34.0. The highest BCUT2D eigenvalue weighted by molar-refractivity contribution is 14.1. The van der Waals surface area contributed by atoms with Crippen LogP contribution in [0, 0.1) is 0 Å². The van der Waals surface area contributed by atoms with Crippen molar-refractivity contribution in [3.8, 4) is 0 Å². The number of halogens is 1. The van der Waals surface area contributed by atoms with Crippen molar-refractivity contribution in [3.63, 3.8) is 0 Å². The first-order valence-electron chi connectivity index (χ1n) is 3.10. The van der Waals surface area contributed by atoms with E-state index in [0.29, 0.717) is 16.2 Å². The number of nitrogens with zero attached hydrogens (tertiary/aromatic N) is 1. The minimum Gasteiger partial charge on any atom is -0.212 e. The predicted octanol–water partition coefficient (Wildman–Crippen LogP) is 0.455. The molecular weight excluding hydrogens is 265 g/mol. The van der Waals surface area contributed by atoms with Crippen LogP contribution in [0.2, 0.25) is 0 Å². The van der Waals surface area contributed by atoms with E-state index in [4.69, 9.17) is 0 Å². The minimum absolute atomic E-state index is 0.317. The molecule has 0 aromatic rings. The van der Waals surface area contributed by atoms with Gasteiger partial charge in [-0.2, -0.15) is 0 Å². The van der Waals surface area contributed by atoms with Crippen LogP contribution in [-0.4, -0.2) is 36.0 Å². The van der Waals surface area contributed by atoms with Gasteiger partial charge in [0.1, 0.15) is 0 Å². The third-order valence-electron chi connectivity index (χ3n) is 1.62. The summed E-state index contributed by atoms with van der Waals surface area (Å²) in [7, 11) is -1.23. The molecule has 0 bridgehead atoms. The van der Waals surface area contributed by atoms with Gasteiger partial charge in [-0.15, -0.1) is 0 Å². The third kappa shape index (κ3) is 1.82. The maximum atomic E-state index is 11.0. The van der Waals surface area contributed by atoms with E-state index in [1.54, 1.807) is 7.05 Å². The molecule has 0 saturated carbocycles. The molecule has 1 atom stereocenters. The Morgan fingerprint density at radius 2 is 2.20 bits per heavy atom. The van der Waals surface area contributed by atoms with Crippen LogP contribution >= 0.6 is 22.6 Å². The van der Waals surface area contributed by atoms with Crippen LogP contribution in [0.4, 0.5) is 0 Å². The van der Waals surface area contributed by atoms with Crippen molar-refractivity contribution in [3.05, 3.63) is 0 Å². The second-order valence-electron chi connectivity index (χ2n) is 2.48. The molecule has 1 saturated heterocycles. The lowest BCUT2D eigenvalue weighted by molar-refractivity contribution is 0.446. The van der Waals surface area contributed by atoms with Crippen molar-refractivity contribution >= 4 is 32.6 Å². The summed E-state index contributed by atoms with van der Waals surface area (Å²) in [6, 6.07) is 0. The molecule has 1 rings (SSSR count). The van der Waals surface area contributed by atoms with E-state index >= 15 is 0 Å². The maximum Gasteiger partial charge on any atom is 0.213 e. The van der Waals surface area contributed by atoms with Crippen LogP contribution in [0.5, 0.6) is 0 Å². The van der Waals surface area contributed by atoms with E-state index in [1.165, 1.54) is 4.31 Å². The van der Waals surface area contributed by atoms with Crippen molar-refractivity contribution < 1.29 is 8.42 Å². The van der Waals surface area contributed by atoms with E-state index in [0.717, 1.165) is 6.42 Å². The average molecular weight is 275 g/mol. The van der Waals surface area contributed by atoms with Crippen molar-refractivity contribution in [1.29, 1.82) is 0 Å². The topological polar surface area (TPSA) is 37.4 Å². The molecule has 5 heteroatoms. The second-order valence-corrected chi connectivity index (χ2v) is 6.44. The van der Waals surface area contributed by atoms with Gasteiger partial charge in [-0.25, -0.2) is 12.7 Å². The Balaban J connectivity index is 2.70. The standard InChI is InChI=1S/C5H10INO2S/c1-7-4-5(6)2-3-10(7,8)9/h5H,2-4H2,1H3. The molecule has 0 aromatic heterocycles. The molecule has 0 amide bonds. The van der Waals surface area contributed by atoms with Gasteiger partial charge in [0, 0.05) is 17.5 Å². The lowest BCUT2D eigenvalue weighted by atomic mass is 10.3. The van der Waals surface area contributed by atoms with Crippen molar-refractivity contribution in [2.45, 2.75) is 10.3 Å². The molecular formula is C5H10INO2S. The zero-order valence-corrected chi connectivity index (χ0v) is 8.72. The van der Waals surface area contributed by atoms with E-state index in [9.17, 15) is 8.42 Å². The summed E-state index contributed by atoms with van der Waals surface area (Å²) in [6.45, 7) is 0.670. The van der Waals surface area contributed by atoms with Crippen molar-refractivity contribution in [2.75, 3.05) is 19.3 Å². The molecule has 1 fully saturated rings. The van der Waals surface area contributed by atoms with Crippen LogP contribution in [0.25, 0.3) is 0 Å². The molecule has 1 unspecified atom stereocenters. The van der Waals surface area contributed by atoms with E-state index in [-0.39, 0.29) is 0 Å². The number of sulfonamides is 1. The van der Waals surface area contributed by atoms with Crippen LogP contribution in [-0.2, 0) is 10.0 Å². The first kappa shape index (κ1) is 8.73. The van der Waals surface area contributed by atoms with Gasteiger partial charge < -0.3 is 0 Å². The third-order valence-corrected chi connectivity index (χ3v) is 4.49. The number of hydrogen-bond acceptors (Lipinski definition) is 2. The molecule has 3 nitrogen and oxygen atoms in total. The van der Waals surface area contributed by atoms with Gasteiger partial charge in [0.2, 0.25) is 10.0 Å². The summed E-state index contributed by atoms with van der Waals surface area (Å²) >= 11 is 2.28. The van der Waals surface area contributed by atoms with Gasteiger partial charge in [0.25, 0.3) is 0 Å². The van der Waals surface area contributed by atoms with Gasteiger partial charge in [-0.05, 0) is 6.42 Å². The molecule has 1 aliphatic rings. The molecule has 0 aliphatic carbocycles. The van der Waals surface area contributed by atoms with Crippen LogP contribution in [0.15, 0.2) is 0 Å². The first-order valence-corrected chi connectivity index (χ1v) is 5.96. The monoisotopic (exact) mass is 275 g/mol. The molecule has 1 heterocycles. The minimum atomic E-state index is -2.87. The van der Waals surface area contributed by atoms with Crippen LogP contribution in [0.3, 0.4) is 0 Å². The fraction of sp³-hybridized carbons (Fsp3) is 1.00. The molecule has 1 aliphatic heterocycles. The van der Waals surface area contributed by atoms with Crippen molar-refractivity contribution in [2.24, 2.45) is 0 Å². The lowest BCUT2D eigenvalue weighted by Gasteiger charge is -2.25. The van der Waals surface area contributed by atoms with Crippen molar-refractivity contribution in [1.82, 2.24) is 4.31 Å². The molecule has 60 valence electrons. The summed E-state index contributed by atoms with van der Waals surface area (Å²) in [4.78, 5) is 0. The average Bonchev–Trinajstić information content (AvgIpc) is 1.81. The summed E-state index contributed by atoms with van der Waals surface area (Å²) in [5.74, 6) is 0.317. The highest BCUT2D eigenvalue weighted by Crippen LogP contribution is 2.17. The van der Waals surface area contributed by atoms with Gasteiger partial charge in [-0.3, -0.25) is 0 Å². The smallest absolute Gasteiger partial charge is 0.212 e. The van der Waals surface area contributed by atoms with Crippen LogP contribution in [0.1, 0.15) is 6.42 Å². The van der Waals surface area contributed by atoms with Crippen LogP contribution < -0.4 is 0 Å². The Kier molecular flexibility index (Phi) is 2.57. The zero-order chi connectivity index (χ0) is 7.78. The number of alkyl halides is 1. The molecule has 10 heavy (non-hydrogen) atoms. The summed E-state index contributed by atoms with van der Waals surface area (Å²) in [5.41, 5.74) is 0. The Bertz CT molecular complexity index is 214. The Labute approximate surface area is 75.0 Å². The van der Waals surface area contributed by atoms with E-state index in [1.807, 2.05) is 0 Å². The fourth-order valence-electron chi connectivity index (χ4n) is 0.916. The first-order chi connectivity index (χ1) is 4.52. The summed E-state index contributed by atoms with van der Waals surface area (Å²) in [5, 5.41) is 0. The van der Waals surface area contributed by atoms with Gasteiger partial charge >= 0.3 is 0 Å². The fourth-order valence-corrected chi connectivity index (χ4v) is 3.81. The second kappa shape index (κ2) is 2.94. The number of rotatable bonds is 0. The number of hydrogen-bond donors (Lipinski definition) is 0. The largest absolute Gasteiger partial charge is 0.213 e. The molecule has 0 spiro atoms. The molecule has 0 N–H and O–H groups in total. The predicted molar refractivity (Wildman–Crippen MR) is 48.8 cm³/mol. The Hall–Kier alpha value is 0.640. The summed E-state index contributed by atoms with van der Waals surface area (Å²) in [6.07, 6.45) is 0.799. The van der Waals surface area contributed by atoms with Gasteiger partial charge in [0.05, 0.1) is 5.75 Å². The van der Waals surface area contributed by atoms with E-state index < -0.39 is 10.0 Å². The Morgan fingerprint density at radius 3 is 2.60 bits per heavy atom. The quantitative estimate of drug-likeness (QED) is 0.475. The van der Waals surface area contributed by atoms with Gasteiger partial charge in [-0.1, -0.05) is 22.6 Å². The highest BCUT2D eigenvalue weighted by Gasteiger charge is 2.26. The molecule has 0 aromatic carbocycles. The Morgan fingerprint density at radius 1 is 1.60 bits per heavy atom. The van der Waals surface area contributed by atoms with E-state index in [2.05, 4.69) is 22.6 Å². The molecule has 0 radical (unpaired) electrons. The SMILES string of the molecule is CN1CC(I)CCS1(=O)=O. The maximum absolute atomic E-state index is 11.0. The summed E-state index contributed by atoms with van der Waals surface area (Å²) < 4.78 is 24.0. The lowest BCUT2D eigenvalue weighted by Crippen LogP contribution is -2.39. The van der Waals surface area contributed by atoms with Gasteiger partial charge in [0.15, 0.2) is 0 Å². The highest BCUT2D eigenvalue weighted by atomic mass is 127. The zero-order valence-electron chi connectivity index (χ0n) is 5.75.